The number of anilines is 1. The molecule has 2 atom stereocenters. The standard InChI is InChI=1S/C23H29N5O4/c1-23(2,3)32-22(30)27-16(13-31-12-15-7-5-4-6-8-15)9-10-17(27)18-11-19(29)20-21(24)25-14-26-28(18)20/h4-8,11,14,16-17,29H,9-10,12-13H2,1-3H3,(H2,24,25,26)/t16-,17+/m0/s1. The Balaban J connectivity index is 1.60. The van der Waals surface area contributed by atoms with Crippen LogP contribution in [0.15, 0.2) is 42.7 Å². The maximum Gasteiger partial charge on any atom is 0.411 e. The molecule has 1 aliphatic rings. The first-order chi connectivity index (χ1) is 15.2. The molecule has 9 nitrogen and oxygen atoms in total. The van der Waals surface area contributed by atoms with Crippen LogP contribution < -0.4 is 5.73 Å². The van der Waals surface area contributed by atoms with Crippen LogP contribution in [-0.4, -0.2) is 48.9 Å². The van der Waals surface area contributed by atoms with E-state index in [0.717, 1.165) is 12.0 Å². The number of benzene rings is 1. The Labute approximate surface area is 186 Å². The van der Waals surface area contributed by atoms with Crippen LogP contribution in [0.2, 0.25) is 0 Å². The Morgan fingerprint density at radius 1 is 1.25 bits per heavy atom. The topological polar surface area (TPSA) is 115 Å². The summed E-state index contributed by atoms with van der Waals surface area (Å²) in [6.07, 6.45) is 2.31. The van der Waals surface area contributed by atoms with Crippen LogP contribution in [0, 0.1) is 0 Å². The molecule has 2 aromatic heterocycles. The van der Waals surface area contributed by atoms with Crippen LogP contribution in [0.3, 0.4) is 0 Å². The fourth-order valence-corrected chi connectivity index (χ4v) is 4.12. The summed E-state index contributed by atoms with van der Waals surface area (Å²) >= 11 is 0. The molecule has 1 amide bonds. The minimum absolute atomic E-state index is 0.0222. The van der Waals surface area contributed by atoms with E-state index in [9.17, 15) is 9.90 Å². The molecule has 0 aliphatic carbocycles. The highest BCUT2D eigenvalue weighted by molar-refractivity contribution is 5.75. The summed E-state index contributed by atoms with van der Waals surface area (Å²) in [5.74, 6) is 0.152. The normalized spacial score (nSPS) is 18.9. The number of fused-ring (bicyclic) bond motifs is 1. The SMILES string of the molecule is CC(C)(C)OC(=O)N1[C@H](COCc2ccccc2)CC[C@@H]1c1cc(O)c2c(N)ncnn12. The lowest BCUT2D eigenvalue weighted by Gasteiger charge is -2.32. The van der Waals surface area contributed by atoms with E-state index in [2.05, 4.69) is 10.1 Å². The Morgan fingerprint density at radius 2 is 2.00 bits per heavy atom. The minimum atomic E-state index is -0.643. The van der Waals surface area contributed by atoms with Gasteiger partial charge >= 0.3 is 6.09 Å². The van der Waals surface area contributed by atoms with Gasteiger partial charge in [-0.3, -0.25) is 4.90 Å². The maximum atomic E-state index is 13.2. The molecule has 1 saturated heterocycles. The molecule has 9 heteroatoms. The summed E-state index contributed by atoms with van der Waals surface area (Å²) in [7, 11) is 0. The molecule has 1 aromatic carbocycles. The number of rotatable bonds is 5. The van der Waals surface area contributed by atoms with Gasteiger partial charge in [0, 0.05) is 6.07 Å². The Bertz CT molecular complexity index is 1090. The molecule has 0 bridgehead atoms. The Hall–Kier alpha value is -3.33. The number of nitrogens with two attached hydrogens (primary N) is 1. The second-order valence-corrected chi connectivity index (χ2v) is 9.00. The lowest BCUT2D eigenvalue weighted by Crippen LogP contribution is -2.43. The molecular weight excluding hydrogens is 410 g/mol. The predicted molar refractivity (Wildman–Crippen MR) is 119 cm³/mol. The van der Waals surface area contributed by atoms with Gasteiger partial charge in [-0.1, -0.05) is 30.3 Å². The zero-order valence-corrected chi connectivity index (χ0v) is 18.6. The van der Waals surface area contributed by atoms with E-state index in [0.29, 0.717) is 30.8 Å². The molecule has 3 N–H and O–H groups in total. The highest BCUT2D eigenvalue weighted by Crippen LogP contribution is 2.40. The van der Waals surface area contributed by atoms with Crippen molar-refractivity contribution in [3.05, 3.63) is 54.0 Å². The summed E-state index contributed by atoms with van der Waals surface area (Å²) in [5, 5.41) is 14.7. The molecule has 1 aliphatic heterocycles. The Kier molecular flexibility index (Phi) is 5.92. The van der Waals surface area contributed by atoms with Crippen molar-refractivity contribution in [2.24, 2.45) is 0 Å². The second kappa shape index (κ2) is 8.66. The van der Waals surface area contributed by atoms with Crippen LogP contribution in [0.4, 0.5) is 10.6 Å². The van der Waals surface area contributed by atoms with Crippen molar-refractivity contribution in [2.75, 3.05) is 12.3 Å². The molecule has 4 rings (SSSR count). The molecule has 0 radical (unpaired) electrons. The number of carbonyl (C=O) groups is 1. The lowest BCUT2D eigenvalue weighted by molar-refractivity contribution is -0.000748. The number of hydrogen-bond donors (Lipinski definition) is 2. The Morgan fingerprint density at radius 3 is 2.72 bits per heavy atom. The van der Waals surface area contributed by atoms with Crippen LogP contribution in [0.1, 0.15) is 50.9 Å². The van der Waals surface area contributed by atoms with Gasteiger partial charge in [-0.2, -0.15) is 5.10 Å². The molecule has 1 fully saturated rings. The summed E-state index contributed by atoms with van der Waals surface area (Å²) in [6, 6.07) is 11.0. The van der Waals surface area contributed by atoms with Gasteiger partial charge in [0.05, 0.1) is 31.0 Å². The van der Waals surface area contributed by atoms with Crippen molar-refractivity contribution >= 4 is 17.4 Å². The van der Waals surface area contributed by atoms with E-state index < -0.39 is 11.7 Å². The third-order valence-electron chi connectivity index (χ3n) is 5.46. The minimum Gasteiger partial charge on any atom is -0.505 e. The quantitative estimate of drug-likeness (QED) is 0.623. The van der Waals surface area contributed by atoms with Gasteiger partial charge in [-0.25, -0.2) is 14.3 Å². The number of ether oxygens (including phenoxy) is 2. The van der Waals surface area contributed by atoms with Crippen molar-refractivity contribution in [1.82, 2.24) is 19.5 Å². The van der Waals surface area contributed by atoms with E-state index >= 15 is 0 Å². The zero-order chi connectivity index (χ0) is 22.9. The van der Waals surface area contributed by atoms with Crippen LogP contribution in [-0.2, 0) is 16.1 Å². The number of likely N-dealkylation sites (tertiary alicyclic amines) is 1. The third kappa shape index (κ3) is 4.47. The first-order valence-corrected chi connectivity index (χ1v) is 10.7. The molecule has 0 spiro atoms. The number of carbonyl (C=O) groups excluding carboxylic acids is 1. The number of aromatic nitrogens is 3. The monoisotopic (exact) mass is 439 g/mol. The fourth-order valence-electron chi connectivity index (χ4n) is 4.12. The smallest absolute Gasteiger partial charge is 0.411 e. The molecule has 0 unspecified atom stereocenters. The van der Waals surface area contributed by atoms with Gasteiger partial charge in [0.15, 0.2) is 5.82 Å². The highest BCUT2D eigenvalue weighted by Gasteiger charge is 2.42. The van der Waals surface area contributed by atoms with Gasteiger partial charge in [0.25, 0.3) is 0 Å². The number of amides is 1. The number of nitrogen functional groups attached to an aromatic ring is 1. The fraction of sp³-hybridized carbons (Fsp3) is 0.435. The number of nitrogens with zero attached hydrogens (tertiary/aromatic N) is 4. The predicted octanol–water partition coefficient (Wildman–Crippen LogP) is 3.67. The van der Waals surface area contributed by atoms with Gasteiger partial charge in [-0.15, -0.1) is 0 Å². The molecule has 32 heavy (non-hydrogen) atoms. The van der Waals surface area contributed by atoms with Crippen molar-refractivity contribution in [3.63, 3.8) is 0 Å². The van der Waals surface area contributed by atoms with E-state index in [1.807, 2.05) is 51.1 Å². The van der Waals surface area contributed by atoms with Crippen molar-refractivity contribution in [2.45, 2.75) is 57.9 Å². The van der Waals surface area contributed by atoms with Crippen LogP contribution >= 0.6 is 0 Å². The molecule has 170 valence electrons. The zero-order valence-electron chi connectivity index (χ0n) is 18.6. The van der Waals surface area contributed by atoms with Crippen LogP contribution in [0.25, 0.3) is 5.52 Å². The van der Waals surface area contributed by atoms with E-state index in [1.165, 1.54) is 6.33 Å². The van der Waals surface area contributed by atoms with E-state index in [-0.39, 0.29) is 23.7 Å². The molecular formula is C23H29N5O4. The highest BCUT2D eigenvalue weighted by atomic mass is 16.6. The first-order valence-electron chi connectivity index (χ1n) is 10.7. The van der Waals surface area contributed by atoms with Gasteiger partial charge in [-0.05, 0) is 39.2 Å². The number of hydrogen-bond acceptors (Lipinski definition) is 7. The third-order valence-corrected chi connectivity index (χ3v) is 5.46. The molecule has 0 saturated carbocycles. The maximum absolute atomic E-state index is 13.2. The lowest BCUT2D eigenvalue weighted by atomic mass is 10.1. The van der Waals surface area contributed by atoms with Crippen molar-refractivity contribution < 1.29 is 19.4 Å². The van der Waals surface area contributed by atoms with Gasteiger partial charge in [0.1, 0.15) is 23.2 Å². The average molecular weight is 440 g/mol. The van der Waals surface area contributed by atoms with Crippen molar-refractivity contribution in [3.8, 4) is 5.75 Å². The average Bonchev–Trinajstić information content (AvgIpc) is 3.29. The largest absolute Gasteiger partial charge is 0.505 e. The van der Waals surface area contributed by atoms with Gasteiger partial charge < -0.3 is 20.3 Å². The molecule has 3 aromatic rings. The van der Waals surface area contributed by atoms with E-state index in [1.54, 1.807) is 15.5 Å². The summed E-state index contributed by atoms with van der Waals surface area (Å²) in [6.45, 7) is 6.34. The number of aromatic hydroxyl groups is 1. The molecule has 3 heterocycles. The van der Waals surface area contributed by atoms with Gasteiger partial charge in [0.2, 0.25) is 0 Å². The summed E-state index contributed by atoms with van der Waals surface area (Å²) in [4.78, 5) is 18.9. The second-order valence-electron chi connectivity index (χ2n) is 9.00. The first kappa shape index (κ1) is 21.9. The summed E-state index contributed by atoms with van der Waals surface area (Å²) in [5.41, 5.74) is 7.35. The van der Waals surface area contributed by atoms with Crippen LogP contribution in [0.5, 0.6) is 5.75 Å². The van der Waals surface area contributed by atoms with E-state index in [4.69, 9.17) is 15.2 Å². The summed E-state index contributed by atoms with van der Waals surface area (Å²) < 4.78 is 13.2. The van der Waals surface area contributed by atoms with Crippen molar-refractivity contribution in [1.29, 1.82) is 0 Å².